The molecule has 4 nitrogen and oxygen atoms in total. The molecule has 4 heteroatoms. The van der Waals surface area contributed by atoms with E-state index in [1.165, 1.54) is 5.56 Å². The van der Waals surface area contributed by atoms with Crippen LogP contribution in [0.1, 0.15) is 22.3 Å². The molecule has 4 rings (SSSR count). The third-order valence-corrected chi connectivity index (χ3v) is 4.79. The summed E-state index contributed by atoms with van der Waals surface area (Å²) in [7, 11) is 0. The minimum absolute atomic E-state index is 0.168. The van der Waals surface area contributed by atoms with Gasteiger partial charge < -0.3 is 10.5 Å². The molecular formula is C24H22N2O2. The highest BCUT2D eigenvalue weighted by atomic mass is 16.5. The highest BCUT2D eigenvalue weighted by molar-refractivity contribution is 6.09. The second-order valence-electron chi connectivity index (χ2n) is 7.13. The molecule has 0 saturated heterocycles. The average molecular weight is 370 g/mol. The number of fused-ring (bicyclic) bond motifs is 1. The fourth-order valence-corrected chi connectivity index (χ4v) is 3.18. The number of hydrogen-bond acceptors (Lipinski definition) is 3. The molecule has 0 aliphatic carbocycles. The fraction of sp³-hybridized carbons (Fsp3) is 0.125. The van der Waals surface area contributed by atoms with Crippen molar-refractivity contribution in [3.05, 3.63) is 94.7 Å². The Morgan fingerprint density at radius 2 is 1.57 bits per heavy atom. The summed E-state index contributed by atoms with van der Waals surface area (Å²) < 4.78 is 5.94. The van der Waals surface area contributed by atoms with Crippen LogP contribution in [0.5, 0.6) is 5.75 Å². The summed E-state index contributed by atoms with van der Waals surface area (Å²) in [5.41, 5.74) is 11.6. The molecule has 0 saturated carbocycles. The van der Waals surface area contributed by atoms with Crippen molar-refractivity contribution >= 4 is 23.4 Å². The number of anilines is 2. The Kier molecular flexibility index (Phi) is 4.62. The van der Waals surface area contributed by atoms with Crippen molar-refractivity contribution in [2.45, 2.75) is 20.4 Å². The van der Waals surface area contributed by atoms with Gasteiger partial charge in [0.2, 0.25) is 0 Å². The van der Waals surface area contributed by atoms with Crippen LogP contribution in [0.15, 0.2) is 72.5 Å². The number of nitrogens with zero attached hydrogens (tertiary/aromatic N) is 1. The first kappa shape index (κ1) is 17.9. The van der Waals surface area contributed by atoms with Crippen LogP contribution in [0.2, 0.25) is 0 Å². The molecule has 28 heavy (non-hydrogen) atoms. The van der Waals surface area contributed by atoms with Crippen LogP contribution in [0.25, 0.3) is 6.08 Å². The number of benzene rings is 3. The summed E-state index contributed by atoms with van der Waals surface area (Å²) in [6.45, 7) is 4.54. The van der Waals surface area contributed by atoms with Crippen LogP contribution in [0.4, 0.5) is 11.4 Å². The molecule has 0 aromatic heterocycles. The van der Waals surface area contributed by atoms with Gasteiger partial charge in [-0.25, -0.2) is 0 Å². The standard InChI is InChI=1S/C24H22N2O2/c1-16-3-7-18(8-4-16)13-23-24(27)26(15-19-9-5-17(2)6-10-19)21-12-11-20(25)14-22(21)28-23/h3-14H,15,25H2,1-2H3/b23-13+. The maximum Gasteiger partial charge on any atom is 0.294 e. The minimum Gasteiger partial charge on any atom is -0.449 e. The number of amides is 1. The summed E-state index contributed by atoms with van der Waals surface area (Å²) in [6.07, 6.45) is 1.77. The molecule has 1 heterocycles. The van der Waals surface area contributed by atoms with Gasteiger partial charge in [-0.3, -0.25) is 9.69 Å². The van der Waals surface area contributed by atoms with Crippen molar-refractivity contribution in [1.82, 2.24) is 0 Å². The van der Waals surface area contributed by atoms with Gasteiger partial charge >= 0.3 is 0 Å². The van der Waals surface area contributed by atoms with Crippen molar-refractivity contribution in [3.63, 3.8) is 0 Å². The van der Waals surface area contributed by atoms with E-state index in [1.54, 1.807) is 23.1 Å². The molecule has 2 N–H and O–H groups in total. The van der Waals surface area contributed by atoms with Crippen LogP contribution in [-0.4, -0.2) is 5.91 Å². The third kappa shape index (κ3) is 3.62. The van der Waals surface area contributed by atoms with E-state index in [9.17, 15) is 4.79 Å². The van der Waals surface area contributed by atoms with Gasteiger partial charge in [0.05, 0.1) is 12.2 Å². The number of hydrogen-bond donors (Lipinski definition) is 1. The lowest BCUT2D eigenvalue weighted by Gasteiger charge is -2.31. The van der Waals surface area contributed by atoms with Crippen molar-refractivity contribution in [2.75, 3.05) is 10.6 Å². The summed E-state index contributed by atoms with van der Waals surface area (Å²) in [4.78, 5) is 15.0. The molecular weight excluding hydrogens is 348 g/mol. The first-order chi connectivity index (χ1) is 13.5. The topological polar surface area (TPSA) is 55.6 Å². The zero-order chi connectivity index (χ0) is 19.7. The largest absolute Gasteiger partial charge is 0.449 e. The van der Waals surface area contributed by atoms with Gasteiger partial charge in [-0.2, -0.15) is 0 Å². The first-order valence-corrected chi connectivity index (χ1v) is 9.23. The SMILES string of the molecule is Cc1ccc(/C=C2/Oc3cc(N)ccc3N(Cc3ccc(C)cc3)C2=O)cc1. The molecule has 0 unspecified atom stereocenters. The van der Waals surface area contributed by atoms with Gasteiger partial charge in [-0.05, 0) is 43.2 Å². The number of nitrogen functional groups attached to an aromatic ring is 1. The Balaban J connectivity index is 1.74. The molecule has 0 atom stereocenters. The van der Waals surface area contributed by atoms with Crippen LogP contribution in [-0.2, 0) is 11.3 Å². The Labute approximate surface area is 164 Å². The maximum atomic E-state index is 13.2. The second kappa shape index (κ2) is 7.24. The van der Waals surface area contributed by atoms with Gasteiger partial charge in [0.25, 0.3) is 5.91 Å². The molecule has 3 aromatic rings. The Hall–Kier alpha value is -3.53. The van der Waals surface area contributed by atoms with E-state index in [1.807, 2.05) is 68.4 Å². The average Bonchev–Trinajstić information content (AvgIpc) is 2.68. The number of carbonyl (C=O) groups is 1. The molecule has 0 bridgehead atoms. The predicted molar refractivity (Wildman–Crippen MR) is 113 cm³/mol. The zero-order valence-corrected chi connectivity index (χ0v) is 16.0. The lowest BCUT2D eigenvalue weighted by atomic mass is 10.1. The second-order valence-corrected chi connectivity index (χ2v) is 7.13. The Morgan fingerprint density at radius 1 is 0.929 bits per heavy atom. The molecule has 3 aromatic carbocycles. The molecule has 1 aliphatic heterocycles. The lowest BCUT2D eigenvalue weighted by molar-refractivity contribution is -0.117. The summed E-state index contributed by atoms with van der Waals surface area (Å²) in [6, 6.07) is 21.5. The van der Waals surface area contributed by atoms with E-state index in [0.29, 0.717) is 18.0 Å². The number of carbonyl (C=O) groups excluding carboxylic acids is 1. The summed E-state index contributed by atoms with van der Waals surface area (Å²) in [5.74, 6) is 0.706. The molecule has 0 spiro atoms. The highest BCUT2D eigenvalue weighted by Gasteiger charge is 2.30. The minimum atomic E-state index is -0.168. The third-order valence-electron chi connectivity index (χ3n) is 4.79. The van der Waals surface area contributed by atoms with Gasteiger partial charge in [0.15, 0.2) is 11.5 Å². The molecule has 140 valence electrons. The van der Waals surface area contributed by atoms with Crippen LogP contribution >= 0.6 is 0 Å². The lowest BCUT2D eigenvalue weighted by Crippen LogP contribution is -2.36. The maximum absolute atomic E-state index is 13.2. The van der Waals surface area contributed by atoms with E-state index in [0.717, 1.165) is 22.4 Å². The molecule has 0 fully saturated rings. The zero-order valence-electron chi connectivity index (χ0n) is 16.0. The number of ether oxygens (including phenoxy) is 1. The Morgan fingerprint density at radius 3 is 2.25 bits per heavy atom. The quantitative estimate of drug-likeness (QED) is 0.529. The monoisotopic (exact) mass is 370 g/mol. The molecule has 0 radical (unpaired) electrons. The van der Waals surface area contributed by atoms with Gasteiger partial charge in [-0.1, -0.05) is 59.7 Å². The Bertz CT molecular complexity index is 1050. The molecule has 1 amide bonds. The van der Waals surface area contributed by atoms with E-state index in [4.69, 9.17) is 10.5 Å². The normalized spacial score (nSPS) is 14.7. The van der Waals surface area contributed by atoms with Gasteiger partial charge in [0.1, 0.15) is 0 Å². The number of rotatable bonds is 3. The van der Waals surface area contributed by atoms with Crippen molar-refractivity contribution in [1.29, 1.82) is 0 Å². The number of aryl methyl sites for hydroxylation is 2. The van der Waals surface area contributed by atoms with Gasteiger partial charge in [0, 0.05) is 11.8 Å². The smallest absolute Gasteiger partial charge is 0.294 e. The summed E-state index contributed by atoms with van der Waals surface area (Å²) >= 11 is 0. The summed E-state index contributed by atoms with van der Waals surface area (Å²) in [5, 5.41) is 0. The first-order valence-electron chi connectivity index (χ1n) is 9.23. The van der Waals surface area contributed by atoms with E-state index in [2.05, 4.69) is 0 Å². The van der Waals surface area contributed by atoms with Crippen molar-refractivity contribution in [2.24, 2.45) is 0 Å². The fourth-order valence-electron chi connectivity index (χ4n) is 3.18. The van der Waals surface area contributed by atoms with Gasteiger partial charge in [-0.15, -0.1) is 0 Å². The van der Waals surface area contributed by atoms with Crippen molar-refractivity contribution in [3.8, 4) is 5.75 Å². The van der Waals surface area contributed by atoms with Crippen molar-refractivity contribution < 1.29 is 9.53 Å². The van der Waals surface area contributed by atoms with E-state index in [-0.39, 0.29) is 11.7 Å². The molecule has 1 aliphatic rings. The van der Waals surface area contributed by atoms with E-state index >= 15 is 0 Å². The van der Waals surface area contributed by atoms with Crippen LogP contribution in [0, 0.1) is 13.8 Å². The number of nitrogens with two attached hydrogens (primary N) is 1. The van der Waals surface area contributed by atoms with Crippen LogP contribution < -0.4 is 15.4 Å². The highest BCUT2D eigenvalue weighted by Crippen LogP contribution is 2.38. The predicted octanol–water partition coefficient (Wildman–Crippen LogP) is 4.85. The van der Waals surface area contributed by atoms with Crippen LogP contribution in [0.3, 0.4) is 0 Å². The van der Waals surface area contributed by atoms with E-state index < -0.39 is 0 Å².